The van der Waals surface area contributed by atoms with Gasteiger partial charge in [-0.05, 0) is 36.1 Å². The molecule has 0 radical (unpaired) electrons. The van der Waals surface area contributed by atoms with Crippen molar-refractivity contribution < 1.29 is 9.84 Å². The third kappa shape index (κ3) is 8.54. The van der Waals surface area contributed by atoms with Crippen molar-refractivity contribution in [1.82, 2.24) is 5.32 Å². The van der Waals surface area contributed by atoms with Crippen LogP contribution in [0.5, 0.6) is 0 Å². The maximum absolute atomic E-state index is 9.79. The number of benzene rings is 1. The number of aliphatic hydroxyl groups excluding tert-OH is 1. The first kappa shape index (κ1) is 17.4. The zero-order valence-electron chi connectivity index (χ0n) is 12.7. The van der Waals surface area contributed by atoms with E-state index in [1.807, 2.05) is 24.3 Å². The third-order valence-electron chi connectivity index (χ3n) is 2.92. The zero-order valence-corrected chi connectivity index (χ0v) is 13.4. The number of aliphatic hydroxyl groups is 1. The van der Waals surface area contributed by atoms with Gasteiger partial charge in [0.2, 0.25) is 0 Å². The topological polar surface area (TPSA) is 41.5 Å². The van der Waals surface area contributed by atoms with Gasteiger partial charge in [-0.2, -0.15) is 0 Å². The molecule has 0 aliphatic rings. The van der Waals surface area contributed by atoms with Crippen molar-refractivity contribution in [2.45, 2.75) is 39.9 Å². The quantitative estimate of drug-likeness (QED) is 0.724. The van der Waals surface area contributed by atoms with Gasteiger partial charge in [0.05, 0.1) is 19.3 Å². The maximum Gasteiger partial charge on any atom is 0.0897 e. The Kier molecular flexibility index (Phi) is 7.52. The zero-order chi connectivity index (χ0) is 15.0. The second kappa shape index (κ2) is 8.63. The average molecular weight is 300 g/mol. The highest BCUT2D eigenvalue weighted by atomic mass is 35.5. The maximum atomic E-state index is 9.79. The molecule has 3 nitrogen and oxygen atoms in total. The highest BCUT2D eigenvalue weighted by Crippen LogP contribution is 2.16. The van der Waals surface area contributed by atoms with Crippen molar-refractivity contribution in [2.75, 3.05) is 19.7 Å². The van der Waals surface area contributed by atoms with E-state index in [2.05, 4.69) is 26.1 Å². The van der Waals surface area contributed by atoms with E-state index in [1.54, 1.807) is 0 Å². The molecule has 1 rings (SSSR count). The number of halogens is 1. The fourth-order valence-electron chi connectivity index (χ4n) is 1.68. The van der Waals surface area contributed by atoms with Crippen LogP contribution in [-0.2, 0) is 11.3 Å². The Balaban J connectivity index is 2.08. The first-order valence-electron chi connectivity index (χ1n) is 7.08. The van der Waals surface area contributed by atoms with E-state index >= 15 is 0 Å². The molecule has 4 heteroatoms. The van der Waals surface area contributed by atoms with Crippen molar-refractivity contribution in [1.29, 1.82) is 0 Å². The Morgan fingerprint density at radius 1 is 1.25 bits per heavy atom. The molecule has 0 bridgehead atoms. The van der Waals surface area contributed by atoms with E-state index in [1.165, 1.54) is 0 Å². The summed E-state index contributed by atoms with van der Waals surface area (Å²) in [4.78, 5) is 0. The lowest BCUT2D eigenvalue weighted by Crippen LogP contribution is -2.32. The first-order valence-corrected chi connectivity index (χ1v) is 7.45. The number of hydrogen-bond donors (Lipinski definition) is 2. The number of ether oxygens (including phenoxy) is 1. The van der Waals surface area contributed by atoms with E-state index in [-0.39, 0.29) is 0 Å². The number of rotatable bonds is 8. The van der Waals surface area contributed by atoms with E-state index in [0.717, 1.165) is 23.6 Å². The molecule has 1 atom stereocenters. The second-order valence-electron chi connectivity index (χ2n) is 6.31. The predicted octanol–water partition coefficient (Wildman–Crippen LogP) is 3.24. The van der Waals surface area contributed by atoms with Crippen molar-refractivity contribution in [2.24, 2.45) is 5.41 Å². The molecule has 1 aromatic carbocycles. The monoisotopic (exact) mass is 299 g/mol. The lowest BCUT2D eigenvalue weighted by atomic mass is 9.92. The summed E-state index contributed by atoms with van der Waals surface area (Å²) in [5.41, 5.74) is 1.38. The van der Waals surface area contributed by atoms with Crippen LogP contribution in [0.3, 0.4) is 0 Å². The molecule has 0 saturated carbocycles. The van der Waals surface area contributed by atoms with Gasteiger partial charge in [0.1, 0.15) is 0 Å². The molecule has 1 aromatic rings. The van der Waals surface area contributed by atoms with Gasteiger partial charge in [-0.25, -0.2) is 0 Å². The summed E-state index contributed by atoms with van der Waals surface area (Å²) in [6, 6.07) is 7.53. The van der Waals surface area contributed by atoms with Gasteiger partial charge in [-0.15, -0.1) is 0 Å². The van der Waals surface area contributed by atoms with Gasteiger partial charge in [-0.3, -0.25) is 0 Å². The molecular weight excluding hydrogens is 274 g/mol. The summed E-state index contributed by atoms with van der Waals surface area (Å²) in [7, 11) is 0. The normalized spacial score (nSPS) is 13.4. The molecule has 0 aliphatic carbocycles. The minimum absolute atomic E-state index is 0.322. The van der Waals surface area contributed by atoms with Crippen LogP contribution in [0, 0.1) is 5.41 Å². The van der Waals surface area contributed by atoms with Gasteiger partial charge in [0.25, 0.3) is 0 Å². The van der Waals surface area contributed by atoms with Crippen molar-refractivity contribution >= 4 is 11.6 Å². The number of hydrogen-bond acceptors (Lipinski definition) is 3. The summed E-state index contributed by atoms with van der Waals surface area (Å²) in [5, 5.41) is 13.8. The Labute approximate surface area is 127 Å². The number of nitrogens with one attached hydrogen (secondary N) is 1. The standard InChI is InChI=1S/C16H26ClNO2/c1-16(2,3)8-9-18-10-15(19)12-20-11-13-4-6-14(17)7-5-13/h4-7,15,18-19H,8-12H2,1-3H3. The lowest BCUT2D eigenvalue weighted by molar-refractivity contribution is 0.0287. The molecule has 0 saturated heterocycles. The minimum atomic E-state index is -0.470. The van der Waals surface area contributed by atoms with Crippen LogP contribution in [0.1, 0.15) is 32.8 Å². The molecule has 0 fully saturated rings. The summed E-state index contributed by atoms with van der Waals surface area (Å²) in [6.45, 7) is 8.94. The first-order chi connectivity index (χ1) is 9.37. The van der Waals surface area contributed by atoms with Crippen molar-refractivity contribution in [3.8, 4) is 0 Å². The Morgan fingerprint density at radius 3 is 2.50 bits per heavy atom. The molecule has 0 heterocycles. The Morgan fingerprint density at radius 2 is 1.90 bits per heavy atom. The highest BCUT2D eigenvalue weighted by molar-refractivity contribution is 6.30. The summed E-state index contributed by atoms with van der Waals surface area (Å²) < 4.78 is 5.49. The highest BCUT2D eigenvalue weighted by Gasteiger charge is 2.10. The SMILES string of the molecule is CC(C)(C)CCNCC(O)COCc1ccc(Cl)cc1. The van der Waals surface area contributed by atoms with E-state index in [0.29, 0.717) is 25.2 Å². The molecule has 114 valence electrons. The van der Waals surface area contributed by atoms with Crippen molar-refractivity contribution in [3.05, 3.63) is 34.9 Å². The van der Waals surface area contributed by atoms with E-state index < -0.39 is 6.10 Å². The van der Waals surface area contributed by atoms with Crippen LogP contribution < -0.4 is 5.32 Å². The molecular formula is C16H26ClNO2. The molecule has 0 aliphatic heterocycles. The largest absolute Gasteiger partial charge is 0.389 e. The summed E-state index contributed by atoms with van der Waals surface area (Å²) in [5.74, 6) is 0. The Hall–Kier alpha value is -0.610. The summed E-state index contributed by atoms with van der Waals surface area (Å²) >= 11 is 5.81. The predicted molar refractivity (Wildman–Crippen MR) is 84.1 cm³/mol. The van der Waals surface area contributed by atoms with Crippen LogP contribution >= 0.6 is 11.6 Å². The van der Waals surface area contributed by atoms with Crippen LogP contribution in [0.15, 0.2) is 24.3 Å². The summed E-state index contributed by atoms with van der Waals surface area (Å²) in [6.07, 6.45) is 0.619. The minimum Gasteiger partial charge on any atom is -0.389 e. The Bertz CT molecular complexity index is 373. The molecule has 1 unspecified atom stereocenters. The van der Waals surface area contributed by atoms with Gasteiger partial charge < -0.3 is 15.2 Å². The molecule has 0 amide bonds. The average Bonchev–Trinajstić information content (AvgIpc) is 2.36. The molecule has 20 heavy (non-hydrogen) atoms. The molecule has 0 spiro atoms. The van der Waals surface area contributed by atoms with E-state index in [9.17, 15) is 5.11 Å². The smallest absolute Gasteiger partial charge is 0.0897 e. The van der Waals surface area contributed by atoms with Crippen molar-refractivity contribution in [3.63, 3.8) is 0 Å². The van der Waals surface area contributed by atoms with Crippen LogP contribution in [0.2, 0.25) is 5.02 Å². The molecule has 0 aromatic heterocycles. The lowest BCUT2D eigenvalue weighted by Gasteiger charge is -2.19. The van der Waals surface area contributed by atoms with Gasteiger partial charge in [-0.1, -0.05) is 44.5 Å². The van der Waals surface area contributed by atoms with E-state index in [4.69, 9.17) is 16.3 Å². The van der Waals surface area contributed by atoms with Gasteiger partial charge >= 0.3 is 0 Å². The van der Waals surface area contributed by atoms with Crippen LogP contribution in [0.25, 0.3) is 0 Å². The fourth-order valence-corrected chi connectivity index (χ4v) is 1.81. The molecule has 2 N–H and O–H groups in total. The fraction of sp³-hybridized carbons (Fsp3) is 0.625. The third-order valence-corrected chi connectivity index (χ3v) is 3.18. The van der Waals surface area contributed by atoms with Crippen LogP contribution in [0.4, 0.5) is 0 Å². The van der Waals surface area contributed by atoms with Gasteiger partial charge in [0.15, 0.2) is 0 Å². The second-order valence-corrected chi connectivity index (χ2v) is 6.75. The van der Waals surface area contributed by atoms with Gasteiger partial charge in [0, 0.05) is 11.6 Å². The van der Waals surface area contributed by atoms with Crippen LogP contribution in [-0.4, -0.2) is 30.9 Å².